The number of aromatic nitrogens is 4. The van der Waals surface area contributed by atoms with Crippen molar-refractivity contribution in [3.05, 3.63) is 16.7 Å². The number of imidazole rings is 1. The van der Waals surface area contributed by atoms with Crippen LogP contribution < -0.4 is 16.6 Å². The summed E-state index contributed by atoms with van der Waals surface area (Å²) in [5.41, 5.74) is 5.47. The monoisotopic (exact) mass is 446 g/mol. The number of aromatic amines is 1. The number of carbonyl (C=O) groups is 1. The number of esters is 1. The standard InChI is InChI=1S/C15H23N6O8P/c1-2-26-14(24)10(3-22)18-7-30(25)28-4-9(5-29-30)27-8-21-6-17-11-12(21)19-15(16)20-13(11)23/h6,9-10,18,22H,2-5,7-8H2,1H3,(H3,16,19,20,23). The first-order valence-electron chi connectivity index (χ1n) is 9.06. The molecule has 2 aromatic heterocycles. The number of fused-ring (bicyclic) bond motifs is 1. The number of anilines is 1. The van der Waals surface area contributed by atoms with E-state index < -0.39 is 37.9 Å². The summed E-state index contributed by atoms with van der Waals surface area (Å²) in [6.45, 7) is 1.21. The number of hydrogen-bond acceptors (Lipinski definition) is 12. The van der Waals surface area contributed by atoms with Crippen molar-refractivity contribution in [2.24, 2.45) is 0 Å². The highest BCUT2D eigenvalue weighted by molar-refractivity contribution is 7.53. The Morgan fingerprint density at radius 3 is 2.93 bits per heavy atom. The number of nitrogens with zero attached hydrogens (tertiary/aromatic N) is 3. The van der Waals surface area contributed by atoms with E-state index in [4.69, 9.17) is 24.3 Å². The number of carbonyl (C=O) groups excluding carboxylic acids is 1. The molecule has 0 radical (unpaired) electrons. The van der Waals surface area contributed by atoms with E-state index >= 15 is 0 Å². The Bertz CT molecular complexity index is 981. The van der Waals surface area contributed by atoms with Gasteiger partial charge in [-0.2, -0.15) is 4.98 Å². The third kappa shape index (κ3) is 5.22. The van der Waals surface area contributed by atoms with Crippen molar-refractivity contribution in [2.45, 2.75) is 25.8 Å². The molecular weight excluding hydrogens is 423 g/mol. The Morgan fingerprint density at radius 1 is 1.53 bits per heavy atom. The predicted octanol–water partition coefficient (Wildman–Crippen LogP) is -1.24. The van der Waals surface area contributed by atoms with Gasteiger partial charge in [-0.25, -0.2) is 4.98 Å². The van der Waals surface area contributed by atoms with Crippen molar-refractivity contribution >= 4 is 30.7 Å². The molecule has 166 valence electrons. The van der Waals surface area contributed by atoms with Crippen LogP contribution in [0.25, 0.3) is 11.2 Å². The van der Waals surface area contributed by atoms with Crippen LogP contribution in [0.4, 0.5) is 5.95 Å². The minimum absolute atomic E-state index is 0.0121. The Hall–Kier alpha value is -2.35. The molecule has 3 rings (SSSR count). The van der Waals surface area contributed by atoms with E-state index in [9.17, 15) is 19.3 Å². The molecular formula is C15H23N6O8P. The first-order valence-corrected chi connectivity index (χ1v) is 10.8. The molecule has 1 aliphatic heterocycles. The summed E-state index contributed by atoms with van der Waals surface area (Å²) in [6.07, 6.45) is 0.570. The number of H-pyrrole nitrogens is 1. The van der Waals surface area contributed by atoms with Crippen molar-refractivity contribution in [1.82, 2.24) is 24.8 Å². The minimum atomic E-state index is -3.52. The number of aliphatic hydroxyl groups excluding tert-OH is 1. The van der Waals surface area contributed by atoms with Crippen molar-refractivity contribution in [3.8, 4) is 0 Å². The van der Waals surface area contributed by atoms with Gasteiger partial charge in [0, 0.05) is 0 Å². The van der Waals surface area contributed by atoms with Gasteiger partial charge >= 0.3 is 13.6 Å². The van der Waals surface area contributed by atoms with Gasteiger partial charge in [0.15, 0.2) is 11.2 Å². The molecule has 1 atom stereocenters. The molecule has 2 aromatic rings. The van der Waals surface area contributed by atoms with Crippen molar-refractivity contribution in [3.63, 3.8) is 0 Å². The predicted molar refractivity (Wildman–Crippen MR) is 102 cm³/mol. The molecule has 0 saturated carbocycles. The van der Waals surface area contributed by atoms with E-state index in [1.54, 1.807) is 6.92 Å². The summed E-state index contributed by atoms with van der Waals surface area (Å²) in [5.74, 6) is -0.707. The zero-order chi connectivity index (χ0) is 21.7. The number of aliphatic hydroxyl groups is 1. The maximum Gasteiger partial charge on any atom is 0.344 e. The molecule has 15 heteroatoms. The molecule has 0 aromatic carbocycles. The van der Waals surface area contributed by atoms with Gasteiger partial charge in [0.05, 0.1) is 39.0 Å². The Balaban J connectivity index is 1.50. The van der Waals surface area contributed by atoms with Gasteiger partial charge in [0.25, 0.3) is 5.56 Å². The summed E-state index contributed by atoms with van der Waals surface area (Å²) >= 11 is 0. The van der Waals surface area contributed by atoms with Crippen LogP contribution in [-0.2, 0) is 34.6 Å². The van der Waals surface area contributed by atoms with E-state index in [1.807, 2.05) is 0 Å². The van der Waals surface area contributed by atoms with E-state index in [0.717, 1.165) is 0 Å². The highest BCUT2D eigenvalue weighted by Gasteiger charge is 2.34. The number of nitrogens with one attached hydrogen (secondary N) is 2. The van der Waals surface area contributed by atoms with Crippen LogP contribution in [0.15, 0.2) is 11.1 Å². The van der Waals surface area contributed by atoms with Gasteiger partial charge < -0.3 is 29.4 Å². The van der Waals surface area contributed by atoms with E-state index in [0.29, 0.717) is 0 Å². The molecule has 3 heterocycles. The summed E-state index contributed by atoms with van der Waals surface area (Å²) in [5, 5.41) is 11.9. The lowest BCUT2D eigenvalue weighted by Gasteiger charge is -2.29. The maximum absolute atomic E-state index is 12.6. The number of rotatable bonds is 9. The Morgan fingerprint density at radius 2 is 2.27 bits per heavy atom. The zero-order valence-electron chi connectivity index (χ0n) is 16.1. The molecule has 1 aliphatic rings. The van der Waals surface area contributed by atoms with E-state index in [1.165, 1.54) is 10.9 Å². The second kappa shape index (κ2) is 9.64. The van der Waals surface area contributed by atoms with Gasteiger partial charge in [0.1, 0.15) is 18.9 Å². The molecule has 0 aliphatic carbocycles. The highest BCUT2D eigenvalue weighted by atomic mass is 31.2. The van der Waals surface area contributed by atoms with Crippen LogP contribution in [0.3, 0.4) is 0 Å². The first kappa shape index (κ1) is 22.3. The van der Waals surface area contributed by atoms with Crippen molar-refractivity contribution in [1.29, 1.82) is 0 Å². The topological polar surface area (TPSA) is 193 Å². The van der Waals surface area contributed by atoms with Gasteiger partial charge in [-0.05, 0) is 6.92 Å². The number of nitrogen functional groups attached to an aromatic ring is 1. The third-order valence-electron chi connectivity index (χ3n) is 4.14. The summed E-state index contributed by atoms with van der Waals surface area (Å²) in [7, 11) is -3.52. The highest BCUT2D eigenvalue weighted by Crippen LogP contribution is 2.49. The molecule has 5 N–H and O–H groups in total. The Kier molecular flexibility index (Phi) is 7.18. The smallest absolute Gasteiger partial charge is 0.344 e. The van der Waals surface area contributed by atoms with Crippen LogP contribution in [0.1, 0.15) is 6.92 Å². The molecule has 1 saturated heterocycles. The second-order valence-electron chi connectivity index (χ2n) is 6.31. The molecule has 1 unspecified atom stereocenters. The van der Waals surface area contributed by atoms with Crippen LogP contribution in [0, 0.1) is 0 Å². The SMILES string of the molecule is CCOC(=O)C(CO)NCP1(=O)OCC(OCn2cnc3c(=O)[nH]c(N)nc32)CO1. The zero-order valence-corrected chi connectivity index (χ0v) is 17.0. The minimum Gasteiger partial charge on any atom is -0.465 e. The molecule has 0 bridgehead atoms. The van der Waals surface area contributed by atoms with Crippen LogP contribution in [0.2, 0.25) is 0 Å². The number of ether oxygens (including phenoxy) is 2. The molecule has 1 fully saturated rings. The maximum atomic E-state index is 12.6. The molecule has 0 amide bonds. The summed E-state index contributed by atoms with van der Waals surface area (Å²) in [4.78, 5) is 33.8. The van der Waals surface area contributed by atoms with Crippen LogP contribution in [-0.4, -0.2) is 75.5 Å². The fourth-order valence-electron chi connectivity index (χ4n) is 2.60. The summed E-state index contributed by atoms with van der Waals surface area (Å²) < 4.78 is 35.1. The lowest BCUT2D eigenvalue weighted by molar-refractivity contribution is -0.146. The molecule has 0 spiro atoms. The quantitative estimate of drug-likeness (QED) is 0.265. The van der Waals surface area contributed by atoms with Crippen LogP contribution >= 0.6 is 7.60 Å². The first-order chi connectivity index (χ1) is 14.3. The fourth-order valence-corrected chi connectivity index (χ4v) is 4.09. The normalized spacial score (nSPS) is 22.8. The average Bonchev–Trinajstić information content (AvgIpc) is 3.11. The van der Waals surface area contributed by atoms with E-state index in [-0.39, 0.29) is 49.9 Å². The van der Waals surface area contributed by atoms with Crippen LogP contribution in [0.5, 0.6) is 0 Å². The van der Waals surface area contributed by atoms with Gasteiger partial charge in [-0.1, -0.05) is 0 Å². The van der Waals surface area contributed by atoms with Crippen molar-refractivity contribution < 1.29 is 33.0 Å². The molecule has 14 nitrogen and oxygen atoms in total. The van der Waals surface area contributed by atoms with E-state index in [2.05, 4.69) is 20.3 Å². The number of nitrogens with two attached hydrogens (primary N) is 1. The summed E-state index contributed by atoms with van der Waals surface area (Å²) in [6, 6.07) is -1.03. The average molecular weight is 446 g/mol. The molecule has 30 heavy (non-hydrogen) atoms. The largest absolute Gasteiger partial charge is 0.465 e. The lowest BCUT2D eigenvalue weighted by atomic mass is 10.3. The van der Waals surface area contributed by atoms with Gasteiger partial charge in [-0.15, -0.1) is 0 Å². The Labute approximate surface area is 170 Å². The fraction of sp³-hybridized carbons (Fsp3) is 0.600. The van der Waals surface area contributed by atoms with Crippen molar-refractivity contribution in [2.75, 3.05) is 38.4 Å². The third-order valence-corrected chi connectivity index (χ3v) is 5.80. The van der Waals surface area contributed by atoms with Gasteiger partial charge in [-0.3, -0.25) is 29.0 Å². The number of hydrogen-bond donors (Lipinski definition) is 4. The second-order valence-corrected chi connectivity index (χ2v) is 8.36. The van der Waals surface area contributed by atoms with Gasteiger partial charge in [0.2, 0.25) is 5.95 Å². The lowest BCUT2D eigenvalue weighted by Crippen LogP contribution is -2.42.